The Bertz CT molecular complexity index is 1030. The lowest BCUT2D eigenvalue weighted by Gasteiger charge is -2.36. The van der Waals surface area contributed by atoms with Gasteiger partial charge < -0.3 is 8.98 Å². The first-order valence-corrected chi connectivity index (χ1v) is 16.8. The highest BCUT2D eigenvalue weighted by Gasteiger charge is 2.38. The zero-order chi connectivity index (χ0) is 26.8. The van der Waals surface area contributed by atoms with Gasteiger partial charge in [-0.1, -0.05) is 54.5 Å². The third-order valence-corrected chi connectivity index (χ3v) is 13.5. The summed E-state index contributed by atoms with van der Waals surface area (Å²) in [5.74, 6) is 0. The van der Waals surface area contributed by atoms with Gasteiger partial charge in [0.05, 0.1) is 18.7 Å². The number of rotatable bonds is 8. The molecule has 0 amide bonds. The largest absolute Gasteiger partial charge is 0.598 e. The molecule has 0 fully saturated rings. The molecule has 1 atom stereocenters. The van der Waals surface area contributed by atoms with Crippen molar-refractivity contribution in [2.75, 3.05) is 0 Å². The number of halogens is 4. The van der Waals surface area contributed by atoms with Crippen LogP contribution in [0.5, 0.6) is 0 Å². The average Bonchev–Trinajstić information content (AvgIpc) is 2.70. The van der Waals surface area contributed by atoms with Gasteiger partial charge in [0.25, 0.3) is 0 Å². The van der Waals surface area contributed by atoms with E-state index in [0.29, 0.717) is 15.1 Å². The van der Waals surface area contributed by atoms with Gasteiger partial charge in [-0.3, -0.25) is 0 Å². The maximum Gasteiger partial charge on any atom is 0.417 e. The fourth-order valence-electron chi connectivity index (χ4n) is 2.67. The molecule has 1 aromatic carbocycles. The van der Waals surface area contributed by atoms with Gasteiger partial charge in [0.2, 0.25) is 0 Å². The first-order chi connectivity index (χ1) is 15.8. The standard InChI is InChI=1S/C24H34BrF3N2O2S2Si/c1-22(2,3)34(31)30-14-17-12-18(25)13-19(24(26,27)28)20(17)33-21-16(10-9-11-29-21)15-32-35(7,8)23(4,5)6/h9-13,30H,14-15H2,1-8H3. The number of pyridine rings is 1. The lowest BCUT2D eigenvalue weighted by molar-refractivity contribution is -0.139. The molecule has 0 saturated carbocycles. The van der Waals surface area contributed by atoms with E-state index < -0.39 is 36.2 Å². The second-order valence-electron chi connectivity index (χ2n) is 10.8. The third kappa shape index (κ3) is 8.48. The molecular weight excluding hydrogens is 577 g/mol. The van der Waals surface area contributed by atoms with Gasteiger partial charge in [-0.05, 0) is 62.7 Å². The zero-order valence-corrected chi connectivity index (χ0v) is 25.6. The summed E-state index contributed by atoms with van der Waals surface area (Å²) in [6.45, 7) is 16.4. The van der Waals surface area contributed by atoms with Crippen molar-refractivity contribution < 1.29 is 22.2 Å². The van der Waals surface area contributed by atoms with Crippen molar-refractivity contribution in [1.82, 2.24) is 9.71 Å². The number of nitrogens with zero attached hydrogens (tertiary/aromatic N) is 1. The maximum atomic E-state index is 14.1. The third-order valence-electron chi connectivity index (χ3n) is 5.83. The van der Waals surface area contributed by atoms with Crippen molar-refractivity contribution in [3.63, 3.8) is 0 Å². The lowest BCUT2D eigenvalue weighted by Crippen LogP contribution is -2.40. The molecule has 0 radical (unpaired) electrons. The molecule has 4 nitrogen and oxygen atoms in total. The summed E-state index contributed by atoms with van der Waals surface area (Å²) in [5, 5.41) is 0.455. The van der Waals surface area contributed by atoms with Gasteiger partial charge in [-0.25, -0.2) is 4.98 Å². The van der Waals surface area contributed by atoms with Crippen LogP contribution in [0.1, 0.15) is 58.2 Å². The van der Waals surface area contributed by atoms with Crippen molar-refractivity contribution >= 4 is 47.4 Å². The first kappa shape index (κ1) is 30.7. The molecule has 0 aliphatic rings. The summed E-state index contributed by atoms with van der Waals surface area (Å²) in [5.41, 5.74) is 0.351. The van der Waals surface area contributed by atoms with Crippen LogP contribution in [-0.2, 0) is 35.1 Å². The Morgan fingerprint density at radius 3 is 2.29 bits per heavy atom. The molecule has 0 bridgehead atoms. The summed E-state index contributed by atoms with van der Waals surface area (Å²) in [6.07, 6.45) is -3.01. The molecule has 1 N–H and O–H groups in total. The first-order valence-electron chi connectivity index (χ1n) is 11.1. The van der Waals surface area contributed by atoms with Crippen LogP contribution >= 0.6 is 27.7 Å². The average molecular weight is 612 g/mol. The number of hydrogen-bond donors (Lipinski definition) is 1. The molecule has 1 unspecified atom stereocenters. The normalized spacial score (nSPS) is 14.3. The smallest absolute Gasteiger partial charge is 0.417 e. The fourth-order valence-corrected chi connectivity index (χ4v) is 5.96. The molecule has 2 aromatic rings. The van der Waals surface area contributed by atoms with E-state index in [-0.39, 0.29) is 23.1 Å². The molecule has 11 heteroatoms. The minimum absolute atomic E-state index is 0.000776. The molecule has 0 aliphatic carbocycles. The number of aromatic nitrogens is 1. The predicted octanol–water partition coefficient (Wildman–Crippen LogP) is 8.09. The van der Waals surface area contributed by atoms with E-state index in [4.69, 9.17) is 4.43 Å². The monoisotopic (exact) mass is 610 g/mol. The maximum absolute atomic E-state index is 14.1. The highest BCUT2D eigenvalue weighted by Crippen LogP contribution is 2.44. The Hall–Kier alpha value is -0.563. The van der Waals surface area contributed by atoms with Gasteiger partial charge in [-0.2, -0.15) is 13.2 Å². The van der Waals surface area contributed by atoms with Crippen LogP contribution in [0.15, 0.2) is 44.9 Å². The molecule has 0 aliphatic heterocycles. The summed E-state index contributed by atoms with van der Waals surface area (Å²) in [4.78, 5) is 4.43. The lowest BCUT2D eigenvalue weighted by atomic mass is 10.1. The quantitative estimate of drug-likeness (QED) is 0.242. The number of alkyl halides is 3. The van der Waals surface area contributed by atoms with Crippen molar-refractivity contribution in [3.8, 4) is 0 Å². The van der Waals surface area contributed by atoms with E-state index in [1.165, 1.54) is 0 Å². The Kier molecular flexibility index (Phi) is 10.0. The second-order valence-corrected chi connectivity index (χ2v) is 19.5. The van der Waals surface area contributed by atoms with Crippen LogP contribution < -0.4 is 4.72 Å². The molecule has 1 aromatic heterocycles. The molecule has 35 heavy (non-hydrogen) atoms. The summed E-state index contributed by atoms with van der Waals surface area (Å²) in [6, 6.07) is 6.29. The zero-order valence-electron chi connectivity index (χ0n) is 21.4. The van der Waals surface area contributed by atoms with Crippen LogP contribution in [-0.4, -0.2) is 22.6 Å². The highest BCUT2D eigenvalue weighted by atomic mass is 79.9. The molecule has 0 saturated heterocycles. The predicted molar refractivity (Wildman–Crippen MR) is 144 cm³/mol. The Morgan fingerprint density at radius 1 is 1.11 bits per heavy atom. The van der Waals surface area contributed by atoms with Gasteiger partial charge >= 0.3 is 6.18 Å². The van der Waals surface area contributed by atoms with E-state index in [1.54, 1.807) is 39.1 Å². The van der Waals surface area contributed by atoms with E-state index in [9.17, 15) is 17.7 Å². The van der Waals surface area contributed by atoms with Crippen LogP contribution in [0.3, 0.4) is 0 Å². The van der Waals surface area contributed by atoms with Crippen molar-refractivity contribution in [3.05, 3.63) is 51.6 Å². The van der Waals surface area contributed by atoms with Crippen molar-refractivity contribution in [2.45, 2.75) is 93.7 Å². The van der Waals surface area contributed by atoms with Crippen molar-refractivity contribution in [1.29, 1.82) is 0 Å². The van der Waals surface area contributed by atoms with Crippen molar-refractivity contribution in [2.24, 2.45) is 0 Å². The van der Waals surface area contributed by atoms with E-state index >= 15 is 0 Å². The molecular formula is C24H34BrF3N2O2S2Si. The topological polar surface area (TPSA) is 57.2 Å². The molecule has 196 valence electrons. The van der Waals surface area contributed by atoms with Gasteiger partial charge in [-0.15, -0.1) is 4.72 Å². The Morgan fingerprint density at radius 2 is 1.74 bits per heavy atom. The van der Waals surface area contributed by atoms with Crippen LogP contribution in [0, 0.1) is 0 Å². The molecule has 0 spiro atoms. The summed E-state index contributed by atoms with van der Waals surface area (Å²) < 4.78 is 63.7. The minimum atomic E-state index is -4.57. The summed E-state index contributed by atoms with van der Waals surface area (Å²) >= 11 is 2.73. The Labute approximate surface area is 223 Å². The Balaban J connectivity index is 2.47. The molecule has 1 heterocycles. The summed E-state index contributed by atoms with van der Waals surface area (Å²) in [7, 11) is -2.07. The van der Waals surface area contributed by atoms with E-state index in [2.05, 4.69) is 59.5 Å². The van der Waals surface area contributed by atoms with Crippen LogP contribution in [0.2, 0.25) is 18.1 Å². The van der Waals surface area contributed by atoms with Gasteiger partial charge in [0.1, 0.15) is 9.77 Å². The second kappa shape index (κ2) is 11.4. The van der Waals surface area contributed by atoms with E-state index in [0.717, 1.165) is 23.4 Å². The molecule has 2 rings (SSSR count). The van der Waals surface area contributed by atoms with Gasteiger partial charge in [0.15, 0.2) is 8.32 Å². The number of benzene rings is 1. The SMILES string of the molecule is CC(C)(C)[S+]([O-])NCc1cc(Br)cc(C(F)(F)F)c1Sc1ncccc1CO[Si](C)(C)C(C)(C)C. The van der Waals surface area contributed by atoms with Crippen LogP contribution in [0.4, 0.5) is 13.2 Å². The number of nitrogens with one attached hydrogen (secondary N) is 1. The van der Waals surface area contributed by atoms with E-state index in [1.807, 2.05) is 6.07 Å². The van der Waals surface area contributed by atoms with Crippen LogP contribution in [0.25, 0.3) is 0 Å². The minimum Gasteiger partial charge on any atom is -0.598 e. The number of hydrogen-bond acceptors (Lipinski definition) is 5. The highest BCUT2D eigenvalue weighted by molar-refractivity contribution is 9.10. The van der Waals surface area contributed by atoms with Gasteiger partial charge in [0, 0.05) is 32.5 Å². The fraction of sp³-hybridized carbons (Fsp3) is 0.542.